The molecule has 1 aliphatic rings. The Kier molecular flexibility index (Phi) is 11.7. The summed E-state index contributed by atoms with van der Waals surface area (Å²) in [6.07, 6.45) is 4.62. The van der Waals surface area contributed by atoms with E-state index in [2.05, 4.69) is 93.1 Å². The first kappa shape index (κ1) is 25.5. The van der Waals surface area contributed by atoms with Gasteiger partial charge in [-0.3, -0.25) is 9.89 Å². The molecule has 0 unspecified atom stereocenters. The Morgan fingerprint density at radius 2 is 1.65 bits per heavy atom. The van der Waals surface area contributed by atoms with Gasteiger partial charge in [0.2, 0.25) is 0 Å². The lowest BCUT2D eigenvalue weighted by molar-refractivity contribution is 0.198. The number of aliphatic imine (C=N–C) groups is 1. The van der Waals surface area contributed by atoms with E-state index in [1.54, 1.807) is 0 Å². The Morgan fingerprint density at radius 3 is 2.29 bits per heavy atom. The van der Waals surface area contributed by atoms with Gasteiger partial charge in [-0.15, -0.1) is 24.0 Å². The Balaban J connectivity index is 0.00000341. The smallest absolute Gasteiger partial charge is 0.191 e. The van der Waals surface area contributed by atoms with Gasteiger partial charge in [0.25, 0.3) is 0 Å². The summed E-state index contributed by atoms with van der Waals surface area (Å²) in [5.74, 6) is 0.938. The van der Waals surface area contributed by atoms with Crippen LogP contribution in [-0.4, -0.2) is 57.2 Å². The van der Waals surface area contributed by atoms with Crippen molar-refractivity contribution in [3.05, 3.63) is 66.2 Å². The number of piperidine rings is 1. The number of nitrogens with one attached hydrogen (secondary N) is 2. The van der Waals surface area contributed by atoms with Crippen molar-refractivity contribution in [2.75, 3.05) is 45.2 Å². The summed E-state index contributed by atoms with van der Waals surface area (Å²) in [6, 6.07) is 21.8. The summed E-state index contributed by atoms with van der Waals surface area (Å²) in [7, 11) is 4.02. The Morgan fingerprint density at radius 1 is 1.00 bits per heavy atom. The van der Waals surface area contributed by atoms with E-state index in [0.717, 1.165) is 64.4 Å². The van der Waals surface area contributed by atoms with Crippen LogP contribution in [0.4, 0.5) is 5.69 Å². The van der Waals surface area contributed by atoms with Gasteiger partial charge in [-0.1, -0.05) is 48.5 Å². The van der Waals surface area contributed by atoms with Crippen LogP contribution in [0.15, 0.2) is 65.7 Å². The number of likely N-dealkylation sites (tertiary alicyclic amines) is 1. The van der Waals surface area contributed by atoms with Crippen LogP contribution >= 0.6 is 24.0 Å². The van der Waals surface area contributed by atoms with Crippen LogP contribution in [0.25, 0.3) is 0 Å². The molecule has 0 radical (unpaired) electrons. The third kappa shape index (κ3) is 9.07. The van der Waals surface area contributed by atoms with Gasteiger partial charge in [-0.05, 0) is 43.4 Å². The van der Waals surface area contributed by atoms with Gasteiger partial charge < -0.3 is 15.5 Å². The fraction of sp³-hybridized carbons (Fsp3) is 0.480. The van der Waals surface area contributed by atoms with E-state index in [-0.39, 0.29) is 24.0 Å². The molecule has 1 heterocycles. The molecule has 0 atom stereocenters. The lowest BCUT2D eigenvalue weighted by Gasteiger charge is -2.33. The third-order valence-electron chi connectivity index (χ3n) is 5.81. The van der Waals surface area contributed by atoms with Gasteiger partial charge in [0, 0.05) is 58.5 Å². The molecule has 6 heteroatoms. The molecule has 0 aliphatic carbocycles. The first-order valence-corrected chi connectivity index (χ1v) is 11.2. The van der Waals surface area contributed by atoms with Crippen LogP contribution in [0.5, 0.6) is 0 Å². The highest BCUT2D eigenvalue weighted by Crippen LogP contribution is 2.14. The number of guanidine groups is 1. The summed E-state index contributed by atoms with van der Waals surface area (Å²) in [5, 5.41) is 7.11. The Bertz CT molecular complexity index is 745. The van der Waals surface area contributed by atoms with Crippen molar-refractivity contribution in [2.24, 2.45) is 4.99 Å². The number of unbranched alkanes of at least 4 members (excludes halogenated alkanes) is 1. The maximum absolute atomic E-state index is 4.42. The largest absolute Gasteiger partial charge is 0.375 e. The molecule has 0 saturated carbocycles. The van der Waals surface area contributed by atoms with Crippen molar-refractivity contribution < 1.29 is 0 Å². The van der Waals surface area contributed by atoms with Crippen LogP contribution in [-0.2, 0) is 6.54 Å². The highest BCUT2D eigenvalue weighted by molar-refractivity contribution is 14.0. The monoisotopic (exact) mass is 535 g/mol. The molecular weight excluding hydrogens is 497 g/mol. The molecule has 1 aliphatic heterocycles. The average Bonchev–Trinajstić information content (AvgIpc) is 2.80. The maximum atomic E-state index is 4.42. The molecule has 2 N–H and O–H groups in total. The van der Waals surface area contributed by atoms with Gasteiger partial charge in [-0.2, -0.15) is 0 Å². The van der Waals surface area contributed by atoms with E-state index < -0.39 is 0 Å². The molecule has 0 aromatic heterocycles. The van der Waals surface area contributed by atoms with Crippen molar-refractivity contribution >= 4 is 35.6 Å². The molecule has 0 spiro atoms. The highest BCUT2D eigenvalue weighted by atomic mass is 127. The second-order valence-electron chi connectivity index (χ2n) is 8.14. The van der Waals surface area contributed by atoms with Gasteiger partial charge >= 0.3 is 0 Å². The molecule has 2 aromatic carbocycles. The molecule has 2 aromatic rings. The molecule has 5 nitrogen and oxygen atoms in total. The number of hydrogen-bond donors (Lipinski definition) is 2. The van der Waals surface area contributed by atoms with E-state index in [1.165, 1.54) is 11.3 Å². The normalized spacial score (nSPS) is 15.2. The first-order valence-electron chi connectivity index (χ1n) is 11.2. The van der Waals surface area contributed by atoms with Crippen LogP contribution in [0.2, 0.25) is 0 Å². The third-order valence-corrected chi connectivity index (χ3v) is 5.81. The Labute approximate surface area is 205 Å². The van der Waals surface area contributed by atoms with E-state index in [9.17, 15) is 0 Å². The van der Waals surface area contributed by atoms with E-state index in [1.807, 2.05) is 7.05 Å². The SMILES string of the molecule is CN=C(NCCCCN(C)c1ccccc1)NC1CCN(Cc2ccccc2)CC1.I. The van der Waals surface area contributed by atoms with Gasteiger partial charge in [0.1, 0.15) is 0 Å². The molecule has 1 fully saturated rings. The van der Waals surface area contributed by atoms with Crippen molar-refractivity contribution in [2.45, 2.75) is 38.3 Å². The van der Waals surface area contributed by atoms with Crippen molar-refractivity contribution in [1.82, 2.24) is 15.5 Å². The summed E-state index contributed by atoms with van der Waals surface area (Å²) < 4.78 is 0. The van der Waals surface area contributed by atoms with Crippen molar-refractivity contribution in [3.63, 3.8) is 0 Å². The van der Waals surface area contributed by atoms with Crippen LogP contribution in [0, 0.1) is 0 Å². The number of benzene rings is 2. The second-order valence-corrected chi connectivity index (χ2v) is 8.14. The van der Waals surface area contributed by atoms with Gasteiger partial charge in [0.15, 0.2) is 5.96 Å². The number of anilines is 1. The molecule has 0 bridgehead atoms. The minimum Gasteiger partial charge on any atom is -0.375 e. The summed E-state index contributed by atoms with van der Waals surface area (Å²) >= 11 is 0. The second kappa shape index (κ2) is 14.3. The summed E-state index contributed by atoms with van der Waals surface area (Å²) in [5.41, 5.74) is 2.68. The maximum Gasteiger partial charge on any atom is 0.191 e. The topological polar surface area (TPSA) is 42.9 Å². The molecule has 1 saturated heterocycles. The van der Waals surface area contributed by atoms with Crippen LogP contribution in [0.3, 0.4) is 0 Å². The fourth-order valence-electron chi connectivity index (χ4n) is 3.96. The standard InChI is InChI=1S/C25H37N5.HI/c1-26-25(27-17-9-10-18-29(2)24-13-7-4-8-14-24)28-23-15-19-30(20-16-23)21-22-11-5-3-6-12-22;/h3-8,11-14,23H,9-10,15-21H2,1-2H3,(H2,26,27,28);1H. The molecular formula is C25H38IN5. The summed E-state index contributed by atoms with van der Waals surface area (Å²) in [6.45, 7) is 5.34. The molecule has 170 valence electrons. The lowest BCUT2D eigenvalue weighted by atomic mass is 10.0. The number of para-hydroxylation sites is 1. The quantitative estimate of drug-likeness (QED) is 0.217. The zero-order valence-electron chi connectivity index (χ0n) is 19.0. The van der Waals surface area contributed by atoms with Crippen molar-refractivity contribution in [1.29, 1.82) is 0 Å². The predicted molar refractivity (Wildman–Crippen MR) is 144 cm³/mol. The molecule has 0 amide bonds. The fourth-order valence-corrected chi connectivity index (χ4v) is 3.96. The number of rotatable bonds is 9. The zero-order chi connectivity index (χ0) is 21.0. The van der Waals surface area contributed by atoms with E-state index in [0.29, 0.717) is 6.04 Å². The Hall–Kier alpha value is -1.80. The first-order chi connectivity index (χ1) is 14.7. The van der Waals surface area contributed by atoms with E-state index in [4.69, 9.17) is 0 Å². The number of hydrogen-bond acceptors (Lipinski definition) is 3. The van der Waals surface area contributed by atoms with E-state index >= 15 is 0 Å². The van der Waals surface area contributed by atoms with Crippen LogP contribution < -0.4 is 15.5 Å². The summed E-state index contributed by atoms with van der Waals surface area (Å²) in [4.78, 5) is 9.28. The number of nitrogens with zero attached hydrogens (tertiary/aromatic N) is 3. The lowest BCUT2D eigenvalue weighted by Crippen LogP contribution is -2.48. The van der Waals surface area contributed by atoms with Gasteiger partial charge in [0.05, 0.1) is 0 Å². The predicted octanol–water partition coefficient (Wildman–Crippen LogP) is 4.35. The average molecular weight is 536 g/mol. The molecule has 3 rings (SSSR count). The van der Waals surface area contributed by atoms with Crippen molar-refractivity contribution in [3.8, 4) is 0 Å². The van der Waals surface area contributed by atoms with Gasteiger partial charge in [-0.25, -0.2) is 0 Å². The highest BCUT2D eigenvalue weighted by Gasteiger charge is 2.19. The minimum absolute atomic E-state index is 0. The zero-order valence-corrected chi connectivity index (χ0v) is 21.3. The van der Waals surface area contributed by atoms with Crippen LogP contribution in [0.1, 0.15) is 31.2 Å². The number of halogens is 1. The molecule has 31 heavy (non-hydrogen) atoms. The minimum atomic E-state index is 0.